The van der Waals surface area contributed by atoms with E-state index >= 15 is 0 Å². The van der Waals surface area contributed by atoms with Crippen LogP contribution in [0.15, 0.2) is 12.1 Å². The molecule has 0 aromatic heterocycles. The van der Waals surface area contributed by atoms with Crippen LogP contribution < -0.4 is 4.74 Å². The maximum absolute atomic E-state index is 9.32. The fraction of sp³-hybridized carbons (Fsp3) is 0.222. The van der Waals surface area contributed by atoms with Crippen LogP contribution in [0.4, 0.5) is 0 Å². The number of ether oxygens (including phenoxy) is 1. The third-order valence-corrected chi connectivity index (χ3v) is 1.96. The number of hydrogen-bond donors (Lipinski definition) is 1. The van der Waals surface area contributed by atoms with Crippen molar-refractivity contribution in [1.82, 2.24) is 0 Å². The number of aromatic hydroxyl groups is 1. The van der Waals surface area contributed by atoms with Crippen LogP contribution in [0.1, 0.15) is 5.56 Å². The molecule has 0 heterocycles. The SMILES string of the molecule is COc1cc(CC#N)cc(O)c1Cl. The van der Waals surface area contributed by atoms with Crippen molar-refractivity contribution in [2.45, 2.75) is 6.42 Å². The first kappa shape index (κ1) is 9.69. The first-order valence-electron chi connectivity index (χ1n) is 3.61. The predicted octanol–water partition coefficient (Wildman–Crippen LogP) is 2.12. The number of methoxy groups -OCH3 is 1. The molecule has 1 rings (SSSR count). The van der Waals surface area contributed by atoms with E-state index in [9.17, 15) is 5.11 Å². The van der Waals surface area contributed by atoms with Gasteiger partial charge in [-0.1, -0.05) is 11.6 Å². The highest BCUT2D eigenvalue weighted by Gasteiger charge is 2.07. The summed E-state index contributed by atoms with van der Waals surface area (Å²) in [6.45, 7) is 0. The first-order chi connectivity index (χ1) is 6.19. The zero-order valence-corrected chi connectivity index (χ0v) is 7.80. The van der Waals surface area contributed by atoms with Gasteiger partial charge in [0.25, 0.3) is 0 Å². The van der Waals surface area contributed by atoms with E-state index in [0.29, 0.717) is 11.3 Å². The molecule has 0 aliphatic heterocycles. The van der Waals surface area contributed by atoms with E-state index in [1.807, 2.05) is 6.07 Å². The molecule has 3 nitrogen and oxygen atoms in total. The highest BCUT2D eigenvalue weighted by molar-refractivity contribution is 6.33. The van der Waals surface area contributed by atoms with Crippen molar-refractivity contribution in [2.75, 3.05) is 7.11 Å². The Balaban J connectivity index is 3.16. The minimum Gasteiger partial charge on any atom is -0.506 e. The second-order valence-electron chi connectivity index (χ2n) is 2.47. The van der Waals surface area contributed by atoms with Gasteiger partial charge in [-0.25, -0.2) is 0 Å². The zero-order chi connectivity index (χ0) is 9.84. The summed E-state index contributed by atoms with van der Waals surface area (Å²) in [5.41, 5.74) is 0.682. The van der Waals surface area contributed by atoms with Gasteiger partial charge in [0, 0.05) is 0 Å². The van der Waals surface area contributed by atoms with Gasteiger partial charge >= 0.3 is 0 Å². The molecule has 0 amide bonds. The molecule has 68 valence electrons. The average molecular weight is 198 g/mol. The summed E-state index contributed by atoms with van der Waals surface area (Å²) in [5, 5.41) is 17.9. The molecule has 1 N–H and O–H groups in total. The molecule has 1 aromatic carbocycles. The summed E-state index contributed by atoms with van der Waals surface area (Å²) in [5.74, 6) is 0.318. The maximum Gasteiger partial charge on any atom is 0.141 e. The molecular weight excluding hydrogens is 190 g/mol. The third kappa shape index (κ3) is 2.04. The van der Waals surface area contributed by atoms with Crippen molar-refractivity contribution in [3.05, 3.63) is 22.7 Å². The molecule has 4 heteroatoms. The predicted molar refractivity (Wildman–Crippen MR) is 49.0 cm³/mol. The minimum absolute atomic E-state index is 0.0636. The van der Waals surface area contributed by atoms with Crippen LogP contribution in [0.5, 0.6) is 11.5 Å². The lowest BCUT2D eigenvalue weighted by Gasteiger charge is -2.06. The number of halogens is 1. The summed E-state index contributed by atoms with van der Waals surface area (Å²) >= 11 is 5.71. The fourth-order valence-electron chi connectivity index (χ4n) is 0.980. The molecule has 0 aliphatic rings. The number of hydrogen-bond acceptors (Lipinski definition) is 3. The summed E-state index contributed by atoms with van der Waals surface area (Å²) < 4.78 is 4.91. The van der Waals surface area contributed by atoms with Gasteiger partial charge in [0.2, 0.25) is 0 Å². The lowest BCUT2D eigenvalue weighted by molar-refractivity contribution is 0.407. The monoisotopic (exact) mass is 197 g/mol. The Hall–Kier alpha value is -1.40. The molecule has 13 heavy (non-hydrogen) atoms. The Morgan fingerprint density at radius 2 is 2.31 bits per heavy atom. The van der Waals surface area contributed by atoms with Crippen molar-refractivity contribution < 1.29 is 9.84 Å². The lowest BCUT2D eigenvalue weighted by atomic mass is 10.1. The van der Waals surface area contributed by atoms with Crippen LogP contribution in [0.3, 0.4) is 0 Å². The van der Waals surface area contributed by atoms with Crippen LogP contribution in [0.25, 0.3) is 0 Å². The standard InChI is InChI=1S/C9H8ClNO2/c1-13-8-5-6(2-3-11)4-7(12)9(8)10/h4-5,12H,2H2,1H3. The molecule has 1 aromatic rings. The number of phenols is 1. The molecule has 0 aliphatic carbocycles. The highest BCUT2D eigenvalue weighted by Crippen LogP contribution is 2.34. The van der Waals surface area contributed by atoms with E-state index in [-0.39, 0.29) is 17.2 Å². The van der Waals surface area contributed by atoms with Gasteiger partial charge in [0.15, 0.2) is 0 Å². The Morgan fingerprint density at radius 3 is 2.85 bits per heavy atom. The van der Waals surface area contributed by atoms with E-state index < -0.39 is 0 Å². The molecule has 0 bridgehead atoms. The van der Waals surface area contributed by atoms with Gasteiger partial charge in [-0.15, -0.1) is 0 Å². The minimum atomic E-state index is -0.0636. The lowest BCUT2D eigenvalue weighted by Crippen LogP contribution is -1.88. The Labute approximate surface area is 81.1 Å². The average Bonchev–Trinajstić information content (AvgIpc) is 2.11. The summed E-state index contributed by atoms with van der Waals surface area (Å²) in [7, 11) is 1.46. The van der Waals surface area contributed by atoms with Gasteiger partial charge in [-0.2, -0.15) is 5.26 Å². The van der Waals surface area contributed by atoms with E-state index in [4.69, 9.17) is 21.6 Å². The third-order valence-electron chi connectivity index (χ3n) is 1.58. The van der Waals surface area contributed by atoms with Gasteiger partial charge in [-0.3, -0.25) is 0 Å². The zero-order valence-electron chi connectivity index (χ0n) is 7.04. The normalized spacial score (nSPS) is 9.31. The van der Waals surface area contributed by atoms with Crippen LogP contribution in [-0.4, -0.2) is 12.2 Å². The molecule has 0 atom stereocenters. The molecule has 0 fully saturated rings. The number of nitrogens with zero attached hydrogens (tertiary/aromatic N) is 1. The molecule has 0 saturated heterocycles. The van der Waals surface area contributed by atoms with Crippen molar-refractivity contribution >= 4 is 11.6 Å². The van der Waals surface area contributed by atoms with Crippen LogP contribution >= 0.6 is 11.6 Å². The van der Waals surface area contributed by atoms with Crippen molar-refractivity contribution in [3.63, 3.8) is 0 Å². The van der Waals surface area contributed by atoms with Gasteiger partial charge in [-0.05, 0) is 17.7 Å². The molecule has 0 radical (unpaired) electrons. The second kappa shape index (κ2) is 4.01. The van der Waals surface area contributed by atoms with Crippen LogP contribution in [0, 0.1) is 11.3 Å². The summed E-state index contributed by atoms with van der Waals surface area (Å²) in [6.07, 6.45) is 0.223. The maximum atomic E-state index is 9.32. The van der Waals surface area contributed by atoms with Crippen LogP contribution in [-0.2, 0) is 6.42 Å². The van der Waals surface area contributed by atoms with Gasteiger partial charge in [0.05, 0.1) is 19.6 Å². The van der Waals surface area contributed by atoms with Crippen molar-refractivity contribution in [3.8, 4) is 17.6 Å². The quantitative estimate of drug-likeness (QED) is 0.790. The summed E-state index contributed by atoms with van der Waals surface area (Å²) in [6, 6.07) is 5.05. The van der Waals surface area contributed by atoms with E-state index in [1.54, 1.807) is 6.07 Å². The molecule has 0 spiro atoms. The fourth-order valence-corrected chi connectivity index (χ4v) is 1.17. The number of benzene rings is 1. The largest absolute Gasteiger partial charge is 0.506 e. The van der Waals surface area contributed by atoms with E-state index in [0.717, 1.165) is 0 Å². The second-order valence-corrected chi connectivity index (χ2v) is 2.84. The number of rotatable bonds is 2. The Kier molecular flexibility index (Phi) is 2.99. The van der Waals surface area contributed by atoms with Crippen molar-refractivity contribution in [2.24, 2.45) is 0 Å². The molecule has 0 unspecified atom stereocenters. The Bertz CT molecular complexity index is 357. The van der Waals surface area contributed by atoms with Crippen molar-refractivity contribution in [1.29, 1.82) is 5.26 Å². The Morgan fingerprint density at radius 1 is 1.62 bits per heavy atom. The smallest absolute Gasteiger partial charge is 0.141 e. The number of nitriles is 1. The number of phenolic OH excluding ortho intramolecular Hbond substituents is 1. The first-order valence-corrected chi connectivity index (χ1v) is 3.99. The summed E-state index contributed by atoms with van der Waals surface area (Å²) in [4.78, 5) is 0. The highest BCUT2D eigenvalue weighted by atomic mass is 35.5. The van der Waals surface area contributed by atoms with Gasteiger partial charge < -0.3 is 9.84 Å². The van der Waals surface area contributed by atoms with E-state index in [1.165, 1.54) is 13.2 Å². The molecule has 0 saturated carbocycles. The van der Waals surface area contributed by atoms with Gasteiger partial charge in [0.1, 0.15) is 16.5 Å². The van der Waals surface area contributed by atoms with Crippen LogP contribution in [0.2, 0.25) is 5.02 Å². The molecular formula is C9H8ClNO2. The topological polar surface area (TPSA) is 53.2 Å². The van der Waals surface area contributed by atoms with E-state index in [2.05, 4.69) is 0 Å².